The number of rotatable bonds is 8. The second-order valence-corrected chi connectivity index (χ2v) is 6.62. The number of aromatic nitrogens is 1. The first-order valence-electron chi connectivity index (χ1n) is 5.60. The Bertz CT molecular complexity index is 520. The predicted octanol–water partition coefficient (Wildman–Crippen LogP) is 0.935. The van der Waals surface area contributed by atoms with Crippen molar-refractivity contribution in [2.24, 2.45) is 0 Å². The van der Waals surface area contributed by atoms with Gasteiger partial charge in [0, 0.05) is 13.2 Å². The summed E-state index contributed by atoms with van der Waals surface area (Å²) < 4.78 is 31.3. The van der Waals surface area contributed by atoms with Crippen molar-refractivity contribution < 1.29 is 23.1 Å². The fourth-order valence-corrected chi connectivity index (χ4v) is 3.98. The molecule has 0 amide bonds. The molecule has 0 aliphatic rings. The molecule has 7 nitrogen and oxygen atoms in total. The van der Waals surface area contributed by atoms with Crippen LogP contribution in [0.15, 0.2) is 9.72 Å². The topological polar surface area (TPSA) is 106 Å². The maximum atomic E-state index is 12.1. The van der Waals surface area contributed by atoms with Crippen LogP contribution in [0.5, 0.6) is 0 Å². The fourth-order valence-electron chi connectivity index (χ4n) is 1.57. The van der Waals surface area contributed by atoms with E-state index in [1.807, 2.05) is 6.92 Å². The van der Waals surface area contributed by atoms with E-state index in [0.29, 0.717) is 6.42 Å². The van der Waals surface area contributed by atoms with E-state index < -0.39 is 21.7 Å². The third kappa shape index (κ3) is 4.23. The van der Waals surface area contributed by atoms with Crippen LogP contribution < -0.4 is 4.72 Å². The van der Waals surface area contributed by atoms with Gasteiger partial charge in [-0.05, 0) is 6.42 Å². The molecule has 0 radical (unpaired) electrons. The highest BCUT2D eigenvalue weighted by atomic mass is 32.2. The highest BCUT2D eigenvalue weighted by Gasteiger charge is 2.27. The lowest BCUT2D eigenvalue weighted by Crippen LogP contribution is -2.38. The number of thiazole rings is 1. The van der Waals surface area contributed by atoms with Gasteiger partial charge >= 0.3 is 5.97 Å². The average molecular weight is 308 g/mol. The van der Waals surface area contributed by atoms with Gasteiger partial charge in [-0.1, -0.05) is 13.3 Å². The van der Waals surface area contributed by atoms with Crippen molar-refractivity contribution in [3.05, 3.63) is 11.2 Å². The van der Waals surface area contributed by atoms with E-state index in [0.717, 1.165) is 17.8 Å². The van der Waals surface area contributed by atoms with Gasteiger partial charge in [0.1, 0.15) is 0 Å². The first-order chi connectivity index (χ1) is 8.92. The molecule has 1 aromatic rings. The molecule has 9 heteroatoms. The third-order valence-corrected chi connectivity index (χ3v) is 5.20. The standard InChI is InChI=1S/C10H16N2O5S2/c1-3-4-7(5-17-2)12-19(15,16)10-8(9(13)14)11-6-18-10/h6-7,12H,3-5H2,1-2H3,(H,13,14). The summed E-state index contributed by atoms with van der Waals surface area (Å²) in [5.74, 6) is -1.36. The van der Waals surface area contributed by atoms with Gasteiger partial charge in [-0.3, -0.25) is 0 Å². The molecule has 0 spiro atoms. The monoisotopic (exact) mass is 308 g/mol. The highest BCUT2D eigenvalue weighted by molar-refractivity contribution is 7.91. The van der Waals surface area contributed by atoms with Crippen LogP contribution in [0.4, 0.5) is 0 Å². The number of hydrogen-bond donors (Lipinski definition) is 2. The van der Waals surface area contributed by atoms with Gasteiger partial charge < -0.3 is 9.84 Å². The highest BCUT2D eigenvalue weighted by Crippen LogP contribution is 2.20. The van der Waals surface area contributed by atoms with Gasteiger partial charge in [0.15, 0.2) is 9.90 Å². The molecular formula is C10H16N2O5S2. The third-order valence-electron chi connectivity index (χ3n) is 2.31. The molecule has 0 aromatic carbocycles. The second-order valence-electron chi connectivity index (χ2n) is 3.86. The molecule has 1 unspecified atom stereocenters. The Morgan fingerprint density at radius 2 is 2.32 bits per heavy atom. The fraction of sp³-hybridized carbons (Fsp3) is 0.600. The first kappa shape index (κ1) is 16.0. The number of aromatic carboxylic acids is 1. The molecule has 1 heterocycles. The number of carboxylic acids is 1. The summed E-state index contributed by atoms with van der Waals surface area (Å²) in [4.78, 5) is 14.4. The van der Waals surface area contributed by atoms with Crippen LogP contribution in [0.25, 0.3) is 0 Å². The number of hydrogen-bond acceptors (Lipinski definition) is 6. The van der Waals surface area contributed by atoms with Crippen molar-refractivity contribution in [3.8, 4) is 0 Å². The van der Waals surface area contributed by atoms with E-state index in [2.05, 4.69) is 9.71 Å². The van der Waals surface area contributed by atoms with Gasteiger partial charge in [0.25, 0.3) is 10.0 Å². The number of sulfonamides is 1. The molecule has 2 N–H and O–H groups in total. The predicted molar refractivity (Wildman–Crippen MR) is 70.0 cm³/mol. The van der Waals surface area contributed by atoms with E-state index in [1.165, 1.54) is 12.6 Å². The van der Waals surface area contributed by atoms with Crippen molar-refractivity contribution in [2.75, 3.05) is 13.7 Å². The lowest BCUT2D eigenvalue weighted by molar-refractivity contribution is 0.0687. The molecular weight excluding hydrogens is 292 g/mol. The minimum atomic E-state index is -3.89. The molecule has 19 heavy (non-hydrogen) atoms. The lowest BCUT2D eigenvalue weighted by atomic mass is 10.2. The summed E-state index contributed by atoms with van der Waals surface area (Å²) in [5, 5.41) is 8.89. The van der Waals surface area contributed by atoms with E-state index in [1.54, 1.807) is 0 Å². The molecule has 1 atom stereocenters. The Morgan fingerprint density at radius 1 is 1.63 bits per heavy atom. The van der Waals surface area contributed by atoms with Crippen molar-refractivity contribution >= 4 is 27.3 Å². The van der Waals surface area contributed by atoms with Crippen molar-refractivity contribution in [2.45, 2.75) is 30.0 Å². The Kier molecular flexibility index (Phi) is 5.85. The average Bonchev–Trinajstić information content (AvgIpc) is 2.78. The maximum absolute atomic E-state index is 12.1. The van der Waals surface area contributed by atoms with Crippen LogP contribution >= 0.6 is 11.3 Å². The number of nitrogens with one attached hydrogen (secondary N) is 1. The summed E-state index contributed by atoms with van der Waals surface area (Å²) in [7, 11) is -2.41. The van der Waals surface area contributed by atoms with E-state index in [4.69, 9.17) is 9.84 Å². The SMILES string of the molecule is CCCC(COC)NS(=O)(=O)c1scnc1C(=O)O. The summed E-state index contributed by atoms with van der Waals surface area (Å²) in [6, 6.07) is -0.385. The Morgan fingerprint density at radius 3 is 2.84 bits per heavy atom. The number of ether oxygens (including phenoxy) is 1. The summed E-state index contributed by atoms with van der Waals surface area (Å²) in [6.45, 7) is 2.15. The maximum Gasteiger partial charge on any atom is 0.356 e. The van der Waals surface area contributed by atoms with Crippen LogP contribution in [0, 0.1) is 0 Å². The molecule has 0 aliphatic carbocycles. The van der Waals surface area contributed by atoms with E-state index >= 15 is 0 Å². The second kappa shape index (κ2) is 6.94. The van der Waals surface area contributed by atoms with Crippen molar-refractivity contribution in [3.63, 3.8) is 0 Å². The molecule has 0 bridgehead atoms. The molecule has 108 valence electrons. The molecule has 0 saturated heterocycles. The number of carboxylic acid groups (broad SMARTS) is 1. The Labute approximate surface area is 115 Å². The number of carbonyl (C=O) groups is 1. The summed E-state index contributed by atoms with van der Waals surface area (Å²) in [6.07, 6.45) is 1.39. The largest absolute Gasteiger partial charge is 0.476 e. The smallest absolute Gasteiger partial charge is 0.356 e. The van der Waals surface area contributed by atoms with Gasteiger partial charge in [0.2, 0.25) is 0 Å². The van der Waals surface area contributed by atoms with Gasteiger partial charge in [-0.25, -0.2) is 22.9 Å². The van der Waals surface area contributed by atoms with Crippen molar-refractivity contribution in [1.82, 2.24) is 9.71 Å². The molecule has 0 saturated carbocycles. The van der Waals surface area contributed by atoms with Gasteiger partial charge in [-0.2, -0.15) is 0 Å². The van der Waals surface area contributed by atoms with Crippen LogP contribution in [-0.4, -0.2) is 44.2 Å². The van der Waals surface area contributed by atoms with Gasteiger partial charge in [0.05, 0.1) is 12.1 Å². The Balaban J connectivity index is 2.96. The normalized spacial score (nSPS) is 13.4. The summed E-state index contributed by atoms with van der Waals surface area (Å²) in [5.41, 5.74) is 0.744. The van der Waals surface area contributed by atoms with E-state index in [-0.39, 0.29) is 16.9 Å². The Hall–Kier alpha value is -1.03. The quantitative estimate of drug-likeness (QED) is 0.740. The number of methoxy groups -OCH3 is 1. The zero-order valence-corrected chi connectivity index (χ0v) is 12.3. The molecule has 1 rings (SSSR count). The lowest BCUT2D eigenvalue weighted by Gasteiger charge is -2.16. The zero-order chi connectivity index (χ0) is 14.5. The molecule has 0 aliphatic heterocycles. The molecule has 0 fully saturated rings. The van der Waals surface area contributed by atoms with Crippen molar-refractivity contribution in [1.29, 1.82) is 0 Å². The minimum Gasteiger partial charge on any atom is -0.476 e. The van der Waals surface area contributed by atoms with Crippen LogP contribution in [0.3, 0.4) is 0 Å². The van der Waals surface area contributed by atoms with Crippen LogP contribution in [0.1, 0.15) is 30.3 Å². The molecule has 1 aromatic heterocycles. The van der Waals surface area contributed by atoms with Crippen LogP contribution in [0.2, 0.25) is 0 Å². The van der Waals surface area contributed by atoms with E-state index in [9.17, 15) is 13.2 Å². The summed E-state index contributed by atoms with van der Waals surface area (Å²) >= 11 is 0.780. The first-order valence-corrected chi connectivity index (χ1v) is 7.96. The number of nitrogens with zero attached hydrogens (tertiary/aromatic N) is 1. The minimum absolute atomic E-state index is 0.230. The van der Waals surface area contributed by atoms with Gasteiger partial charge in [-0.15, -0.1) is 11.3 Å². The zero-order valence-electron chi connectivity index (χ0n) is 10.6. The van der Waals surface area contributed by atoms with Crippen LogP contribution in [-0.2, 0) is 14.8 Å².